The Labute approximate surface area is 143 Å². The molecule has 4 N–H and O–H groups in total. The minimum atomic E-state index is -1.08. The molecule has 0 saturated heterocycles. The van der Waals surface area contributed by atoms with Crippen molar-refractivity contribution in [1.29, 1.82) is 0 Å². The van der Waals surface area contributed by atoms with Crippen LogP contribution >= 0.6 is 0 Å². The number of hydrogen-bond acceptors (Lipinski definition) is 3. The van der Waals surface area contributed by atoms with Crippen LogP contribution in [0.4, 0.5) is 4.79 Å². The summed E-state index contributed by atoms with van der Waals surface area (Å²) in [5.41, 5.74) is -1.48. The van der Waals surface area contributed by atoms with E-state index in [0.717, 1.165) is 0 Å². The van der Waals surface area contributed by atoms with Gasteiger partial charge < -0.3 is 21.1 Å². The molecular weight excluding hydrogens is 310 g/mol. The van der Waals surface area contributed by atoms with Crippen molar-refractivity contribution in [3.05, 3.63) is 12.7 Å². The van der Waals surface area contributed by atoms with E-state index in [1.165, 1.54) is 6.92 Å². The van der Waals surface area contributed by atoms with E-state index in [1.54, 1.807) is 6.08 Å². The Balaban J connectivity index is 3.03. The van der Waals surface area contributed by atoms with Crippen molar-refractivity contribution in [3.63, 3.8) is 0 Å². The Bertz CT molecular complexity index is 506. The zero-order chi connectivity index (χ0) is 18.5. The molecule has 1 rings (SSSR count). The van der Waals surface area contributed by atoms with Gasteiger partial charge in [-0.3, -0.25) is 9.59 Å². The standard InChI is InChI=1S/C17H29N3O4/c1-6-7-8-17(19-11(2)21,14(22)20-16(3,4)5)12-9-13(10-12)18-15(23)24/h6,12-13,18H,1,7-10H2,2-5H3,(H,19,21)(H,20,22)(H,23,24)/t12-,13-,17-/m0/s1. The Morgan fingerprint density at radius 2 is 1.79 bits per heavy atom. The maximum Gasteiger partial charge on any atom is 0.404 e. The van der Waals surface area contributed by atoms with Gasteiger partial charge in [-0.1, -0.05) is 6.08 Å². The molecule has 1 aliphatic rings. The summed E-state index contributed by atoms with van der Waals surface area (Å²) < 4.78 is 0. The van der Waals surface area contributed by atoms with Gasteiger partial charge in [-0.25, -0.2) is 4.79 Å². The fourth-order valence-electron chi connectivity index (χ4n) is 3.13. The molecule has 7 heteroatoms. The van der Waals surface area contributed by atoms with Crippen LogP contribution in [0.5, 0.6) is 0 Å². The number of hydrogen-bond donors (Lipinski definition) is 4. The molecular formula is C17H29N3O4. The average Bonchev–Trinajstić information content (AvgIpc) is 2.35. The normalized spacial score (nSPS) is 22.5. The summed E-state index contributed by atoms with van der Waals surface area (Å²) >= 11 is 0. The van der Waals surface area contributed by atoms with E-state index in [1.807, 2.05) is 20.8 Å². The quantitative estimate of drug-likeness (QED) is 0.530. The molecule has 1 saturated carbocycles. The molecule has 0 aromatic rings. The molecule has 1 aliphatic carbocycles. The lowest BCUT2D eigenvalue weighted by Crippen LogP contribution is -2.68. The second-order valence-electron chi connectivity index (χ2n) is 7.50. The lowest BCUT2D eigenvalue weighted by Gasteiger charge is -2.48. The van der Waals surface area contributed by atoms with Crippen molar-refractivity contribution in [3.8, 4) is 0 Å². The van der Waals surface area contributed by atoms with Gasteiger partial charge in [0.15, 0.2) is 0 Å². The first-order valence-corrected chi connectivity index (χ1v) is 8.22. The number of carboxylic acid groups (broad SMARTS) is 1. The van der Waals surface area contributed by atoms with E-state index in [4.69, 9.17) is 5.11 Å². The Kier molecular flexibility index (Phi) is 6.40. The van der Waals surface area contributed by atoms with Gasteiger partial charge >= 0.3 is 6.09 Å². The summed E-state index contributed by atoms with van der Waals surface area (Å²) in [6, 6.07) is -0.188. The first kappa shape index (κ1) is 20.0. The summed E-state index contributed by atoms with van der Waals surface area (Å²) in [4.78, 5) is 35.5. The lowest BCUT2D eigenvalue weighted by atomic mass is 9.65. The molecule has 24 heavy (non-hydrogen) atoms. The topological polar surface area (TPSA) is 108 Å². The lowest BCUT2D eigenvalue weighted by molar-refractivity contribution is -0.139. The van der Waals surface area contributed by atoms with Crippen molar-refractivity contribution in [1.82, 2.24) is 16.0 Å². The highest BCUT2D eigenvalue weighted by Crippen LogP contribution is 2.40. The van der Waals surface area contributed by atoms with Crippen molar-refractivity contribution < 1.29 is 19.5 Å². The number of carbonyl (C=O) groups is 3. The molecule has 0 radical (unpaired) electrons. The monoisotopic (exact) mass is 339 g/mol. The summed E-state index contributed by atoms with van der Waals surface area (Å²) in [7, 11) is 0. The molecule has 136 valence electrons. The number of carbonyl (C=O) groups excluding carboxylic acids is 2. The zero-order valence-electron chi connectivity index (χ0n) is 14.9. The van der Waals surface area contributed by atoms with E-state index in [9.17, 15) is 14.4 Å². The summed E-state index contributed by atoms with van der Waals surface area (Å²) in [5.74, 6) is -0.635. The largest absolute Gasteiger partial charge is 0.465 e. The minimum absolute atomic E-state index is 0.124. The number of nitrogens with one attached hydrogen (secondary N) is 3. The van der Waals surface area contributed by atoms with Crippen LogP contribution in [-0.4, -0.2) is 40.1 Å². The third-order valence-corrected chi connectivity index (χ3v) is 4.20. The molecule has 3 amide bonds. The highest BCUT2D eigenvalue weighted by molar-refractivity contribution is 5.92. The molecule has 0 aromatic carbocycles. The molecule has 0 heterocycles. The van der Waals surface area contributed by atoms with Crippen LogP contribution in [0, 0.1) is 5.92 Å². The Morgan fingerprint density at radius 1 is 1.21 bits per heavy atom. The molecule has 0 bridgehead atoms. The van der Waals surface area contributed by atoms with Crippen molar-refractivity contribution in [2.75, 3.05) is 0 Å². The number of allylic oxidation sites excluding steroid dienone is 1. The second kappa shape index (κ2) is 7.68. The fraction of sp³-hybridized carbons (Fsp3) is 0.706. The molecule has 0 aliphatic heterocycles. The van der Waals surface area contributed by atoms with Crippen LogP contribution in [0.3, 0.4) is 0 Å². The van der Waals surface area contributed by atoms with Crippen LogP contribution < -0.4 is 16.0 Å². The average molecular weight is 339 g/mol. The third-order valence-electron chi connectivity index (χ3n) is 4.20. The van der Waals surface area contributed by atoms with Crippen LogP contribution in [-0.2, 0) is 9.59 Å². The van der Waals surface area contributed by atoms with Crippen molar-refractivity contribution in [2.24, 2.45) is 5.92 Å². The molecule has 0 spiro atoms. The van der Waals surface area contributed by atoms with E-state index < -0.39 is 17.2 Å². The van der Waals surface area contributed by atoms with Crippen LogP contribution in [0.25, 0.3) is 0 Å². The maximum atomic E-state index is 13.0. The van der Waals surface area contributed by atoms with Gasteiger partial charge in [0, 0.05) is 18.5 Å². The molecule has 0 aromatic heterocycles. The van der Waals surface area contributed by atoms with Gasteiger partial charge in [0.1, 0.15) is 5.54 Å². The van der Waals surface area contributed by atoms with Crippen LogP contribution in [0.2, 0.25) is 0 Å². The smallest absolute Gasteiger partial charge is 0.404 e. The van der Waals surface area contributed by atoms with E-state index in [-0.39, 0.29) is 23.8 Å². The SMILES string of the molecule is C=CCC[C@@](NC(C)=O)(C(=O)NC(C)(C)C)[C@H]1C[C@H](NC(=O)O)C1. The van der Waals surface area contributed by atoms with Gasteiger partial charge in [-0.05, 0) is 52.4 Å². The summed E-state index contributed by atoms with van der Waals surface area (Å²) in [5, 5.41) is 17.1. The van der Waals surface area contributed by atoms with Gasteiger partial charge in [0.2, 0.25) is 11.8 Å². The van der Waals surface area contributed by atoms with Gasteiger partial charge in [0.05, 0.1) is 0 Å². The first-order chi connectivity index (χ1) is 11.0. The van der Waals surface area contributed by atoms with Crippen molar-refractivity contribution in [2.45, 2.75) is 70.5 Å². The number of amides is 3. The predicted octanol–water partition coefficient (Wildman–Crippen LogP) is 1.79. The zero-order valence-corrected chi connectivity index (χ0v) is 14.9. The van der Waals surface area contributed by atoms with Crippen LogP contribution in [0.15, 0.2) is 12.7 Å². The minimum Gasteiger partial charge on any atom is -0.465 e. The Morgan fingerprint density at radius 3 is 2.21 bits per heavy atom. The first-order valence-electron chi connectivity index (χ1n) is 8.22. The van der Waals surface area contributed by atoms with Gasteiger partial charge in [-0.2, -0.15) is 0 Å². The van der Waals surface area contributed by atoms with E-state index in [0.29, 0.717) is 25.7 Å². The maximum absolute atomic E-state index is 13.0. The molecule has 0 unspecified atom stereocenters. The molecule has 1 atom stereocenters. The summed E-state index contributed by atoms with van der Waals surface area (Å²) in [6.07, 6.45) is 2.68. The third kappa shape index (κ3) is 5.25. The van der Waals surface area contributed by atoms with Gasteiger partial charge in [0.25, 0.3) is 0 Å². The highest BCUT2D eigenvalue weighted by atomic mass is 16.4. The van der Waals surface area contributed by atoms with Gasteiger partial charge in [-0.15, -0.1) is 6.58 Å². The molecule has 7 nitrogen and oxygen atoms in total. The Hall–Kier alpha value is -2.05. The number of rotatable bonds is 7. The molecule has 1 fully saturated rings. The van der Waals surface area contributed by atoms with Crippen molar-refractivity contribution >= 4 is 17.9 Å². The second-order valence-corrected chi connectivity index (χ2v) is 7.50. The summed E-state index contributed by atoms with van der Waals surface area (Å²) in [6.45, 7) is 10.7. The van der Waals surface area contributed by atoms with Crippen LogP contribution in [0.1, 0.15) is 53.4 Å². The van der Waals surface area contributed by atoms with E-state index >= 15 is 0 Å². The highest BCUT2D eigenvalue weighted by Gasteiger charge is 2.51. The van der Waals surface area contributed by atoms with E-state index in [2.05, 4.69) is 22.5 Å². The fourth-order valence-corrected chi connectivity index (χ4v) is 3.13. The predicted molar refractivity (Wildman–Crippen MR) is 91.5 cm³/mol.